The first-order valence-electron chi connectivity index (χ1n) is 5.59. The molecule has 0 fully saturated rings. The summed E-state index contributed by atoms with van der Waals surface area (Å²) in [6.07, 6.45) is 6.98. The van der Waals surface area contributed by atoms with Crippen LogP contribution in [-0.2, 0) is 19.4 Å². The molecule has 84 valence electrons. The van der Waals surface area contributed by atoms with E-state index >= 15 is 0 Å². The summed E-state index contributed by atoms with van der Waals surface area (Å²) in [6.45, 7) is 0.971. The maximum atomic E-state index is 4.52. The van der Waals surface area contributed by atoms with Crippen LogP contribution in [0.1, 0.15) is 29.1 Å². The van der Waals surface area contributed by atoms with Crippen LogP contribution in [0.15, 0.2) is 22.2 Å². The summed E-state index contributed by atoms with van der Waals surface area (Å²) in [7, 11) is 0. The summed E-state index contributed by atoms with van der Waals surface area (Å²) in [5.41, 5.74) is 2.78. The lowest BCUT2D eigenvalue weighted by atomic mass is 10.0. The normalized spacial score (nSPS) is 15.1. The quantitative estimate of drug-likeness (QED) is 0.827. The average molecular weight is 297 g/mol. The van der Waals surface area contributed by atoms with Gasteiger partial charge in [-0.15, -0.1) is 11.3 Å². The van der Waals surface area contributed by atoms with Gasteiger partial charge in [0.05, 0.1) is 18.6 Å². The molecule has 0 atom stereocenters. The second-order valence-corrected chi connectivity index (χ2v) is 6.12. The SMILES string of the molecule is Brc1csc(Cn2cnc3c2CCCC3)c1. The van der Waals surface area contributed by atoms with Crippen LogP contribution in [0.2, 0.25) is 0 Å². The van der Waals surface area contributed by atoms with Crippen LogP contribution in [0.3, 0.4) is 0 Å². The predicted octanol–water partition coefficient (Wildman–Crippen LogP) is 3.63. The van der Waals surface area contributed by atoms with E-state index in [0.29, 0.717) is 0 Å². The van der Waals surface area contributed by atoms with Gasteiger partial charge in [-0.2, -0.15) is 0 Å². The van der Waals surface area contributed by atoms with E-state index in [1.54, 1.807) is 11.3 Å². The molecule has 2 nitrogen and oxygen atoms in total. The number of hydrogen-bond donors (Lipinski definition) is 0. The molecule has 0 amide bonds. The Bertz CT molecular complexity index is 501. The number of aromatic nitrogens is 2. The molecule has 1 aliphatic carbocycles. The van der Waals surface area contributed by atoms with Gasteiger partial charge in [0, 0.05) is 20.4 Å². The maximum Gasteiger partial charge on any atom is 0.0955 e. The van der Waals surface area contributed by atoms with Crippen molar-refractivity contribution >= 4 is 27.3 Å². The van der Waals surface area contributed by atoms with Crippen molar-refractivity contribution in [3.8, 4) is 0 Å². The van der Waals surface area contributed by atoms with Crippen LogP contribution in [0, 0.1) is 0 Å². The minimum atomic E-state index is 0.971. The molecule has 0 spiro atoms. The van der Waals surface area contributed by atoms with Gasteiger partial charge in [-0.3, -0.25) is 0 Å². The second-order valence-electron chi connectivity index (χ2n) is 4.20. The fourth-order valence-electron chi connectivity index (χ4n) is 2.27. The molecule has 1 aliphatic rings. The Labute approximate surface area is 107 Å². The Kier molecular flexibility index (Phi) is 2.86. The first-order valence-corrected chi connectivity index (χ1v) is 7.26. The Morgan fingerprint density at radius 3 is 3.06 bits per heavy atom. The third-order valence-electron chi connectivity index (χ3n) is 3.06. The van der Waals surface area contributed by atoms with Crippen molar-refractivity contribution in [3.05, 3.63) is 38.5 Å². The van der Waals surface area contributed by atoms with E-state index in [4.69, 9.17) is 0 Å². The third-order valence-corrected chi connectivity index (χ3v) is 4.74. The topological polar surface area (TPSA) is 17.8 Å². The molecule has 2 aromatic heterocycles. The second kappa shape index (κ2) is 4.34. The van der Waals surface area contributed by atoms with Gasteiger partial charge in [0.1, 0.15) is 0 Å². The summed E-state index contributed by atoms with van der Waals surface area (Å²) in [5.74, 6) is 0. The molecule has 4 heteroatoms. The minimum Gasteiger partial charge on any atom is -0.329 e. The van der Waals surface area contributed by atoms with Crippen LogP contribution in [0.5, 0.6) is 0 Å². The van der Waals surface area contributed by atoms with E-state index in [-0.39, 0.29) is 0 Å². The Morgan fingerprint density at radius 2 is 2.25 bits per heavy atom. The monoisotopic (exact) mass is 296 g/mol. The van der Waals surface area contributed by atoms with Crippen molar-refractivity contribution in [3.63, 3.8) is 0 Å². The fraction of sp³-hybridized carbons (Fsp3) is 0.417. The van der Waals surface area contributed by atoms with Crippen molar-refractivity contribution in [1.82, 2.24) is 9.55 Å². The van der Waals surface area contributed by atoms with Gasteiger partial charge >= 0.3 is 0 Å². The highest BCUT2D eigenvalue weighted by molar-refractivity contribution is 9.10. The summed E-state index contributed by atoms with van der Waals surface area (Å²) < 4.78 is 3.49. The zero-order chi connectivity index (χ0) is 11.0. The van der Waals surface area contributed by atoms with Gasteiger partial charge in [-0.05, 0) is 47.7 Å². The number of imidazole rings is 1. The van der Waals surface area contributed by atoms with Crippen LogP contribution >= 0.6 is 27.3 Å². The van der Waals surface area contributed by atoms with Crippen molar-refractivity contribution in [1.29, 1.82) is 0 Å². The smallest absolute Gasteiger partial charge is 0.0955 e. The molecular weight excluding hydrogens is 284 g/mol. The van der Waals surface area contributed by atoms with Crippen molar-refractivity contribution in [2.45, 2.75) is 32.2 Å². The highest BCUT2D eigenvalue weighted by atomic mass is 79.9. The standard InChI is InChI=1S/C12H13BrN2S/c13-9-5-10(16-7-9)6-15-8-14-11-3-1-2-4-12(11)15/h5,7-8H,1-4,6H2. The van der Waals surface area contributed by atoms with E-state index < -0.39 is 0 Å². The predicted molar refractivity (Wildman–Crippen MR) is 70.0 cm³/mol. The molecule has 0 aliphatic heterocycles. The van der Waals surface area contributed by atoms with Crippen molar-refractivity contribution in [2.24, 2.45) is 0 Å². The third kappa shape index (κ3) is 1.96. The zero-order valence-electron chi connectivity index (χ0n) is 8.95. The average Bonchev–Trinajstić information content (AvgIpc) is 2.87. The molecule has 0 saturated heterocycles. The van der Waals surface area contributed by atoms with Gasteiger partial charge in [-0.1, -0.05) is 0 Å². The number of nitrogens with zero attached hydrogens (tertiary/aromatic N) is 2. The zero-order valence-corrected chi connectivity index (χ0v) is 11.4. The molecule has 0 aromatic carbocycles. The number of fused-ring (bicyclic) bond motifs is 1. The van der Waals surface area contributed by atoms with Gasteiger partial charge in [0.25, 0.3) is 0 Å². The van der Waals surface area contributed by atoms with E-state index in [1.807, 2.05) is 6.33 Å². The van der Waals surface area contributed by atoms with Crippen LogP contribution in [0.4, 0.5) is 0 Å². The van der Waals surface area contributed by atoms with Gasteiger partial charge in [0.15, 0.2) is 0 Å². The molecule has 0 bridgehead atoms. The van der Waals surface area contributed by atoms with E-state index in [0.717, 1.165) is 13.0 Å². The van der Waals surface area contributed by atoms with Crippen molar-refractivity contribution in [2.75, 3.05) is 0 Å². The molecule has 2 heterocycles. The first kappa shape index (κ1) is 10.5. The lowest BCUT2D eigenvalue weighted by Crippen LogP contribution is -2.08. The number of aryl methyl sites for hydroxylation is 1. The number of hydrogen-bond acceptors (Lipinski definition) is 2. The number of rotatable bonds is 2. The number of thiophene rings is 1. The molecule has 2 aromatic rings. The molecule has 0 radical (unpaired) electrons. The van der Waals surface area contributed by atoms with E-state index in [9.17, 15) is 0 Å². The molecule has 0 N–H and O–H groups in total. The van der Waals surface area contributed by atoms with E-state index in [2.05, 4.69) is 36.9 Å². The highest BCUT2D eigenvalue weighted by Crippen LogP contribution is 2.24. The van der Waals surface area contributed by atoms with Crippen molar-refractivity contribution < 1.29 is 0 Å². The van der Waals surface area contributed by atoms with Crippen LogP contribution < -0.4 is 0 Å². The molecule has 0 unspecified atom stereocenters. The molecule has 0 saturated carbocycles. The summed E-state index contributed by atoms with van der Waals surface area (Å²) in [6, 6.07) is 2.19. The molecule has 16 heavy (non-hydrogen) atoms. The maximum absolute atomic E-state index is 4.52. The highest BCUT2D eigenvalue weighted by Gasteiger charge is 2.15. The minimum absolute atomic E-state index is 0.971. The van der Waals surface area contributed by atoms with Gasteiger partial charge in [-0.25, -0.2) is 4.98 Å². The lowest BCUT2D eigenvalue weighted by Gasteiger charge is -2.13. The summed E-state index contributed by atoms with van der Waals surface area (Å²) in [4.78, 5) is 5.90. The van der Waals surface area contributed by atoms with Gasteiger partial charge < -0.3 is 4.57 Å². The Balaban J connectivity index is 1.87. The Morgan fingerprint density at radius 1 is 1.38 bits per heavy atom. The lowest BCUT2D eigenvalue weighted by molar-refractivity contribution is 0.630. The Hall–Kier alpha value is -0.610. The summed E-state index contributed by atoms with van der Waals surface area (Å²) in [5, 5.41) is 2.14. The largest absolute Gasteiger partial charge is 0.329 e. The molecule has 3 rings (SSSR count). The van der Waals surface area contributed by atoms with Crippen LogP contribution in [0.25, 0.3) is 0 Å². The summed E-state index contributed by atoms with van der Waals surface area (Å²) >= 11 is 5.30. The van der Waals surface area contributed by atoms with Crippen LogP contribution in [-0.4, -0.2) is 9.55 Å². The fourth-order valence-corrected chi connectivity index (χ4v) is 3.72. The van der Waals surface area contributed by atoms with Gasteiger partial charge in [0.2, 0.25) is 0 Å². The van der Waals surface area contributed by atoms with E-state index in [1.165, 1.54) is 40.0 Å². The molecular formula is C12H13BrN2S. The number of halogens is 1. The first-order chi connectivity index (χ1) is 7.83.